The molecule has 0 heterocycles. The number of benzene rings is 1. The van der Waals surface area contributed by atoms with E-state index in [0.717, 1.165) is 0 Å². The standard InChI is InChI=1S/C13H16BrN3O4/c1-7(11(18)17(2)3)15-13(21)16-10-5-4-8(14)6-9(10)12(19)20/h4-7H,1-3H3,(H,19,20)(H2,15,16,21). The van der Waals surface area contributed by atoms with Crippen LogP contribution in [-0.2, 0) is 4.79 Å². The fourth-order valence-corrected chi connectivity index (χ4v) is 1.97. The first-order valence-corrected chi connectivity index (χ1v) is 6.83. The fourth-order valence-electron chi connectivity index (χ4n) is 1.61. The first-order valence-electron chi connectivity index (χ1n) is 6.04. The smallest absolute Gasteiger partial charge is 0.337 e. The highest BCUT2D eigenvalue weighted by Crippen LogP contribution is 2.21. The molecule has 0 saturated heterocycles. The number of rotatable bonds is 4. The number of carboxylic acids is 1. The van der Waals surface area contributed by atoms with E-state index in [1.54, 1.807) is 27.1 Å². The summed E-state index contributed by atoms with van der Waals surface area (Å²) in [6.45, 7) is 1.54. The molecule has 0 bridgehead atoms. The molecule has 1 rings (SSSR count). The van der Waals surface area contributed by atoms with Gasteiger partial charge in [-0.3, -0.25) is 4.79 Å². The molecule has 3 N–H and O–H groups in total. The lowest BCUT2D eigenvalue weighted by Gasteiger charge is -2.18. The maximum Gasteiger partial charge on any atom is 0.337 e. The summed E-state index contributed by atoms with van der Waals surface area (Å²) in [5.74, 6) is -1.43. The molecular weight excluding hydrogens is 342 g/mol. The molecule has 7 nitrogen and oxygen atoms in total. The van der Waals surface area contributed by atoms with Gasteiger partial charge in [-0.05, 0) is 25.1 Å². The normalized spacial score (nSPS) is 11.4. The number of aromatic carboxylic acids is 1. The average Bonchev–Trinajstić information content (AvgIpc) is 2.39. The number of hydrogen-bond acceptors (Lipinski definition) is 3. The lowest BCUT2D eigenvalue weighted by Crippen LogP contribution is -2.45. The van der Waals surface area contributed by atoms with Gasteiger partial charge in [0.15, 0.2) is 0 Å². The van der Waals surface area contributed by atoms with Crippen LogP contribution in [0.3, 0.4) is 0 Å². The third-order valence-electron chi connectivity index (χ3n) is 2.62. The van der Waals surface area contributed by atoms with Crippen molar-refractivity contribution < 1.29 is 19.5 Å². The summed E-state index contributed by atoms with van der Waals surface area (Å²) in [5, 5.41) is 14.0. The number of amides is 3. The maximum absolute atomic E-state index is 11.8. The number of carbonyl (C=O) groups excluding carboxylic acids is 2. The van der Waals surface area contributed by atoms with Gasteiger partial charge >= 0.3 is 12.0 Å². The second-order valence-corrected chi connectivity index (χ2v) is 5.46. The van der Waals surface area contributed by atoms with Crippen LogP contribution >= 0.6 is 15.9 Å². The molecule has 0 spiro atoms. The average molecular weight is 358 g/mol. The van der Waals surface area contributed by atoms with Crippen LogP contribution in [0, 0.1) is 0 Å². The molecule has 1 aromatic rings. The van der Waals surface area contributed by atoms with Crippen LogP contribution in [0.4, 0.5) is 10.5 Å². The minimum Gasteiger partial charge on any atom is -0.478 e. The number of nitrogens with one attached hydrogen (secondary N) is 2. The third-order valence-corrected chi connectivity index (χ3v) is 3.11. The molecule has 21 heavy (non-hydrogen) atoms. The largest absolute Gasteiger partial charge is 0.478 e. The molecule has 0 saturated carbocycles. The van der Waals surface area contributed by atoms with Gasteiger partial charge in [-0.15, -0.1) is 0 Å². The van der Waals surface area contributed by atoms with Gasteiger partial charge in [0.05, 0.1) is 11.3 Å². The SMILES string of the molecule is CC(NC(=O)Nc1ccc(Br)cc1C(=O)O)C(=O)N(C)C. The Morgan fingerprint density at radius 2 is 1.90 bits per heavy atom. The van der Waals surface area contributed by atoms with Crippen LogP contribution in [0.1, 0.15) is 17.3 Å². The van der Waals surface area contributed by atoms with Gasteiger partial charge in [-0.25, -0.2) is 9.59 Å². The van der Waals surface area contributed by atoms with Gasteiger partial charge in [0.1, 0.15) is 6.04 Å². The number of urea groups is 1. The van der Waals surface area contributed by atoms with Gasteiger partial charge < -0.3 is 20.6 Å². The number of carboxylic acid groups (broad SMARTS) is 1. The fraction of sp³-hybridized carbons (Fsp3) is 0.308. The lowest BCUT2D eigenvalue weighted by molar-refractivity contribution is -0.130. The quantitative estimate of drug-likeness (QED) is 0.764. The van der Waals surface area contributed by atoms with Crippen LogP contribution in [0.25, 0.3) is 0 Å². The molecule has 1 atom stereocenters. The Labute approximate surface area is 130 Å². The van der Waals surface area contributed by atoms with Crippen molar-refractivity contribution in [3.05, 3.63) is 28.2 Å². The zero-order valence-corrected chi connectivity index (χ0v) is 13.4. The molecule has 1 aromatic carbocycles. The van der Waals surface area contributed by atoms with Gasteiger partial charge in [0.2, 0.25) is 5.91 Å². The molecular formula is C13H16BrN3O4. The molecule has 0 aromatic heterocycles. The Morgan fingerprint density at radius 3 is 2.43 bits per heavy atom. The van der Waals surface area contributed by atoms with E-state index in [1.165, 1.54) is 17.0 Å². The number of halogens is 1. The molecule has 3 amide bonds. The van der Waals surface area contributed by atoms with E-state index in [0.29, 0.717) is 4.47 Å². The summed E-state index contributed by atoms with van der Waals surface area (Å²) in [5.41, 5.74) is 0.0961. The van der Waals surface area contributed by atoms with Crippen molar-refractivity contribution in [2.24, 2.45) is 0 Å². The third kappa shape index (κ3) is 4.75. The Morgan fingerprint density at radius 1 is 1.29 bits per heavy atom. The first-order chi connectivity index (χ1) is 9.72. The molecule has 0 aliphatic rings. The summed E-state index contributed by atoms with van der Waals surface area (Å²) < 4.78 is 0.585. The monoisotopic (exact) mass is 357 g/mol. The van der Waals surface area contributed by atoms with E-state index in [-0.39, 0.29) is 17.2 Å². The second kappa shape index (κ2) is 7.07. The Balaban J connectivity index is 2.80. The van der Waals surface area contributed by atoms with Crippen molar-refractivity contribution in [2.75, 3.05) is 19.4 Å². The van der Waals surface area contributed by atoms with Crippen LogP contribution < -0.4 is 10.6 Å². The summed E-state index contributed by atoms with van der Waals surface area (Å²) in [6, 6.07) is 3.08. The van der Waals surface area contributed by atoms with Gasteiger partial charge in [-0.1, -0.05) is 15.9 Å². The lowest BCUT2D eigenvalue weighted by atomic mass is 10.2. The molecule has 8 heteroatoms. The molecule has 1 unspecified atom stereocenters. The van der Waals surface area contributed by atoms with Gasteiger partial charge in [0.25, 0.3) is 0 Å². The van der Waals surface area contributed by atoms with Crippen LogP contribution in [0.15, 0.2) is 22.7 Å². The Hall–Kier alpha value is -2.09. The first kappa shape index (κ1) is 17.0. The number of nitrogens with zero attached hydrogens (tertiary/aromatic N) is 1. The van der Waals surface area contributed by atoms with Crippen LogP contribution in [-0.4, -0.2) is 48.1 Å². The summed E-state index contributed by atoms with van der Waals surface area (Å²) in [4.78, 5) is 35.9. The predicted octanol–water partition coefficient (Wildman–Crippen LogP) is 1.75. The van der Waals surface area contributed by atoms with E-state index < -0.39 is 18.0 Å². The van der Waals surface area contributed by atoms with E-state index in [1.807, 2.05) is 0 Å². The minimum atomic E-state index is -1.16. The molecule has 114 valence electrons. The van der Waals surface area contributed by atoms with Crippen LogP contribution in [0.5, 0.6) is 0 Å². The number of likely N-dealkylation sites (N-methyl/N-ethyl adjacent to an activating group) is 1. The van der Waals surface area contributed by atoms with Crippen molar-refractivity contribution in [2.45, 2.75) is 13.0 Å². The molecule has 0 fully saturated rings. The highest BCUT2D eigenvalue weighted by atomic mass is 79.9. The van der Waals surface area contributed by atoms with E-state index in [4.69, 9.17) is 5.11 Å². The zero-order chi connectivity index (χ0) is 16.2. The number of hydrogen-bond donors (Lipinski definition) is 3. The van der Waals surface area contributed by atoms with Crippen molar-refractivity contribution in [3.8, 4) is 0 Å². The van der Waals surface area contributed by atoms with Crippen molar-refractivity contribution in [3.63, 3.8) is 0 Å². The van der Waals surface area contributed by atoms with E-state index in [2.05, 4.69) is 26.6 Å². The molecule has 0 aliphatic heterocycles. The van der Waals surface area contributed by atoms with Crippen molar-refractivity contribution in [1.29, 1.82) is 0 Å². The molecule has 0 radical (unpaired) electrons. The molecule has 0 aliphatic carbocycles. The van der Waals surface area contributed by atoms with Gasteiger partial charge in [-0.2, -0.15) is 0 Å². The number of carbonyl (C=O) groups is 3. The van der Waals surface area contributed by atoms with Crippen LogP contribution in [0.2, 0.25) is 0 Å². The summed E-state index contributed by atoms with van der Waals surface area (Å²) in [6.07, 6.45) is 0. The predicted molar refractivity (Wildman–Crippen MR) is 81.4 cm³/mol. The number of anilines is 1. The Bertz CT molecular complexity index is 575. The summed E-state index contributed by atoms with van der Waals surface area (Å²) in [7, 11) is 3.16. The van der Waals surface area contributed by atoms with E-state index >= 15 is 0 Å². The topological polar surface area (TPSA) is 98.7 Å². The van der Waals surface area contributed by atoms with Gasteiger partial charge in [0, 0.05) is 18.6 Å². The Kier molecular flexibility index (Phi) is 5.71. The maximum atomic E-state index is 11.8. The highest BCUT2D eigenvalue weighted by molar-refractivity contribution is 9.10. The van der Waals surface area contributed by atoms with E-state index in [9.17, 15) is 14.4 Å². The minimum absolute atomic E-state index is 0.0499. The highest BCUT2D eigenvalue weighted by Gasteiger charge is 2.18. The summed E-state index contributed by atoms with van der Waals surface area (Å²) >= 11 is 3.16. The van der Waals surface area contributed by atoms with Crippen molar-refractivity contribution in [1.82, 2.24) is 10.2 Å². The second-order valence-electron chi connectivity index (χ2n) is 4.55. The zero-order valence-electron chi connectivity index (χ0n) is 11.8. The van der Waals surface area contributed by atoms with Crippen molar-refractivity contribution >= 4 is 39.5 Å².